The molecule has 0 N–H and O–H groups in total. The van der Waals surface area contributed by atoms with E-state index in [4.69, 9.17) is 23.7 Å². The summed E-state index contributed by atoms with van der Waals surface area (Å²) in [6.45, 7) is 14.6. The zero-order valence-electron chi connectivity index (χ0n) is 25.2. The van der Waals surface area contributed by atoms with Gasteiger partial charge in [0.2, 0.25) is 0 Å². The Morgan fingerprint density at radius 3 is 1.98 bits per heavy atom. The lowest BCUT2D eigenvalue weighted by Crippen LogP contribution is -2.64. The molecular formula is C30H44O10. The predicted molar refractivity (Wildman–Crippen MR) is 142 cm³/mol. The molecule has 0 spiro atoms. The minimum Gasteiger partial charge on any atom is -0.462 e. The molecule has 10 heteroatoms. The van der Waals surface area contributed by atoms with Crippen molar-refractivity contribution >= 4 is 29.8 Å². The highest BCUT2D eigenvalue weighted by Gasteiger charge is 2.64. The van der Waals surface area contributed by atoms with Gasteiger partial charge in [-0.15, -0.1) is 0 Å². The molecule has 3 rings (SSSR count). The van der Waals surface area contributed by atoms with E-state index in [1.807, 2.05) is 20.8 Å². The first kappa shape index (κ1) is 31.6. The maximum Gasteiger partial charge on any atom is 0.303 e. The van der Waals surface area contributed by atoms with Crippen molar-refractivity contribution in [1.29, 1.82) is 0 Å². The average Bonchev–Trinajstić information content (AvgIpc) is 2.79. The number of hydrogen-bond donors (Lipinski definition) is 0. The fourth-order valence-corrected chi connectivity index (χ4v) is 7.87. The molecule has 3 aliphatic carbocycles. The fraction of sp³-hybridized carbons (Fsp3) is 0.767. The summed E-state index contributed by atoms with van der Waals surface area (Å²) >= 11 is 0. The van der Waals surface area contributed by atoms with Gasteiger partial charge in [0.05, 0.1) is 0 Å². The summed E-state index contributed by atoms with van der Waals surface area (Å²) in [5, 5.41) is 0. The lowest BCUT2D eigenvalue weighted by atomic mass is 9.44. The summed E-state index contributed by atoms with van der Waals surface area (Å²) < 4.78 is 28.5. The summed E-state index contributed by atoms with van der Waals surface area (Å²) in [6, 6.07) is 0. The third kappa shape index (κ3) is 6.05. The van der Waals surface area contributed by atoms with Gasteiger partial charge in [0.15, 0.2) is 0 Å². The van der Waals surface area contributed by atoms with Gasteiger partial charge >= 0.3 is 29.8 Å². The number of carbonyl (C=O) groups excluding carboxylic acids is 5. The first-order chi connectivity index (χ1) is 18.4. The Morgan fingerprint density at radius 1 is 0.850 bits per heavy atom. The van der Waals surface area contributed by atoms with Crippen molar-refractivity contribution in [3.8, 4) is 0 Å². The van der Waals surface area contributed by atoms with Crippen LogP contribution in [0.2, 0.25) is 0 Å². The van der Waals surface area contributed by atoms with Gasteiger partial charge in [-0.3, -0.25) is 24.0 Å². The molecule has 40 heavy (non-hydrogen) atoms. The second-order valence-corrected chi connectivity index (χ2v) is 12.7. The van der Waals surface area contributed by atoms with Gasteiger partial charge < -0.3 is 23.7 Å². The van der Waals surface area contributed by atoms with Gasteiger partial charge in [-0.25, -0.2) is 0 Å². The molecule has 0 saturated heterocycles. The number of ether oxygens (including phenoxy) is 5. The Balaban J connectivity index is 2.09. The zero-order valence-corrected chi connectivity index (χ0v) is 25.2. The number of allylic oxidation sites excluding steroid dienone is 1. The van der Waals surface area contributed by atoms with Crippen LogP contribution in [-0.4, -0.2) is 60.9 Å². The van der Waals surface area contributed by atoms with E-state index in [9.17, 15) is 24.0 Å². The van der Waals surface area contributed by atoms with Gasteiger partial charge in [-0.2, -0.15) is 0 Å². The molecule has 0 unspecified atom stereocenters. The second kappa shape index (κ2) is 11.5. The van der Waals surface area contributed by atoms with Gasteiger partial charge in [0.25, 0.3) is 0 Å². The van der Waals surface area contributed by atoms with Gasteiger partial charge in [-0.05, 0) is 48.5 Å². The lowest BCUT2D eigenvalue weighted by Gasteiger charge is -2.63. The third-order valence-corrected chi connectivity index (χ3v) is 9.44. The van der Waals surface area contributed by atoms with Gasteiger partial charge in [-0.1, -0.05) is 33.8 Å². The quantitative estimate of drug-likeness (QED) is 0.253. The topological polar surface area (TPSA) is 132 Å². The summed E-state index contributed by atoms with van der Waals surface area (Å²) in [4.78, 5) is 60.3. The van der Waals surface area contributed by atoms with Crippen molar-refractivity contribution in [2.24, 2.45) is 28.1 Å². The Bertz CT molecular complexity index is 1080. The zero-order chi connectivity index (χ0) is 30.2. The van der Waals surface area contributed by atoms with Gasteiger partial charge in [0, 0.05) is 45.4 Å². The molecule has 224 valence electrons. The maximum atomic E-state index is 12.4. The van der Waals surface area contributed by atoms with Crippen LogP contribution in [0.15, 0.2) is 11.6 Å². The largest absolute Gasteiger partial charge is 0.462 e. The molecule has 0 radical (unpaired) electrons. The Hall–Kier alpha value is -2.91. The van der Waals surface area contributed by atoms with Crippen molar-refractivity contribution in [3.63, 3.8) is 0 Å². The number of hydrogen-bond acceptors (Lipinski definition) is 10. The molecule has 0 amide bonds. The number of carbonyl (C=O) groups is 5. The molecule has 2 fully saturated rings. The first-order valence-electron chi connectivity index (χ1n) is 14.0. The lowest BCUT2D eigenvalue weighted by molar-refractivity contribution is -0.218. The van der Waals surface area contributed by atoms with Gasteiger partial charge in [0.1, 0.15) is 31.0 Å². The highest BCUT2D eigenvalue weighted by Crippen LogP contribution is 2.65. The van der Waals surface area contributed by atoms with Crippen LogP contribution in [0.3, 0.4) is 0 Å². The summed E-state index contributed by atoms with van der Waals surface area (Å²) in [5.41, 5.74) is -0.866. The maximum absolute atomic E-state index is 12.4. The minimum atomic E-state index is -0.863. The normalized spacial score (nSPS) is 35.0. The molecule has 2 saturated carbocycles. The third-order valence-electron chi connectivity index (χ3n) is 9.44. The molecule has 10 nitrogen and oxygen atoms in total. The molecule has 0 aromatic carbocycles. The van der Waals surface area contributed by atoms with Crippen molar-refractivity contribution in [1.82, 2.24) is 0 Å². The highest BCUT2D eigenvalue weighted by atomic mass is 16.6. The molecule has 0 bridgehead atoms. The van der Waals surface area contributed by atoms with E-state index in [0.717, 1.165) is 5.57 Å². The molecule has 8 atom stereocenters. The van der Waals surface area contributed by atoms with E-state index in [-0.39, 0.29) is 18.4 Å². The van der Waals surface area contributed by atoms with Crippen LogP contribution in [0.4, 0.5) is 0 Å². The molecule has 0 aliphatic heterocycles. The van der Waals surface area contributed by atoms with E-state index in [1.54, 1.807) is 0 Å². The molecule has 3 aliphatic rings. The van der Waals surface area contributed by atoms with Crippen LogP contribution in [0, 0.1) is 28.1 Å². The highest BCUT2D eigenvalue weighted by molar-refractivity contribution is 5.68. The van der Waals surface area contributed by atoms with Crippen LogP contribution < -0.4 is 0 Å². The molecule has 0 heterocycles. The van der Waals surface area contributed by atoms with E-state index >= 15 is 0 Å². The van der Waals surface area contributed by atoms with Crippen LogP contribution >= 0.6 is 0 Å². The Morgan fingerprint density at radius 2 is 1.45 bits per heavy atom. The van der Waals surface area contributed by atoms with Crippen LogP contribution in [0.5, 0.6) is 0 Å². The standard InChI is InChI=1S/C30H44O10/c1-16(31)36-15-25(38-18(3)33)29(8)13-12-22-21(26(29)39-19(4)34)10-11-24-28(6,7)27(40-20(5)35)23(37-17(2)32)14-30(22,24)9/h10,22-27H,11-15H2,1-9H3/t22-,23+,24-,25+,26-,27-,29-,30+/m1/s1. The average molecular weight is 565 g/mol. The van der Waals surface area contributed by atoms with E-state index < -0.39 is 70.5 Å². The van der Waals surface area contributed by atoms with Crippen LogP contribution in [0.1, 0.15) is 88.0 Å². The number of esters is 5. The summed E-state index contributed by atoms with van der Waals surface area (Å²) in [6.07, 6.45) is 1.55. The Labute approximate surface area is 236 Å². The smallest absolute Gasteiger partial charge is 0.303 e. The second-order valence-electron chi connectivity index (χ2n) is 12.7. The monoisotopic (exact) mass is 564 g/mol. The molecule has 0 aromatic heterocycles. The van der Waals surface area contributed by atoms with E-state index in [1.165, 1.54) is 34.6 Å². The fourth-order valence-electron chi connectivity index (χ4n) is 7.87. The van der Waals surface area contributed by atoms with Crippen molar-refractivity contribution in [3.05, 3.63) is 11.6 Å². The van der Waals surface area contributed by atoms with Crippen molar-refractivity contribution < 1.29 is 47.7 Å². The number of rotatable bonds is 7. The predicted octanol–water partition coefficient (Wildman–Crippen LogP) is 4.08. The van der Waals surface area contributed by atoms with E-state index in [2.05, 4.69) is 13.0 Å². The SMILES string of the molecule is CC(=O)OC[C@H](OC(C)=O)[C@@]1(C)CC[C@@H]2C(=CC[C@@H]3C(C)(C)[C@H](OC(C)=O)[C@@H](OC(C)=O)C[C@@]23C)[C@H]1OC(C)=O. The molecule has 0 aromatic rings. The van der Waals surface area contributed by atoms with Crippen molar-refractivity contribution in [2.45, 2.75) is 112 Å². The van der Waals surface area contributed by atoms with Crippen LogP contribution in [-0.2, 0) is 47.7 Å². The Kier molecular flexibility index (Phi) is 9.11. The minimum absolute atomic E-state index is 0.0500. The van der Waals surface area contributed by atoms with E-state index in [0.29, 0.717) is 25.7 Å². The van der Waals surface area contributed by atoms with Crippen LogP contribution in [0.25, 0.3) is 0 Å². The summed E-state index contributed by atoms with van der Waals surface area (Å²) in [7, 11) is 0. The first-order valence-corrected chi connectivity index (χ1v) is 14.0. The number of fused-ring (bicyclic) bond motifs is 3. The summed E-state index contributed by atoms with van der Waals surface area (Å²) in [5.74, 6) is -2.37. The van der Waals surface area contributed by atoms with Crippen molar-refractivity contribution in [2.75, 3.05) is 6.61 Å². The molecular weight excluding hydrogens is 520 g/mol.